The average Bonchev–Trinajstić information content (AvgIpc) is 2.46. The number of hydrogen-bond acceptors (Lipinski definition) is 4. The van der Waals surface area contributed by atoms with Crippen LogP contribution in [-0.2, 0) is 13.8 Å². The molecule has 0 N–H and O–H groups in total. The number of rotatable bonds is 4. The fraction of sp³-hybridized carbons (Fsp3) is 0.500. The van der Waals surface area contributed by atoms with E-state index >= 15 is 0 Å². The highest BCUT2D eigenvalue weighted by Gasteiger charge is 2.25. The van der Waals surface area contributed by atoms with Gasteiger partial charge in [-0.05, 0) is 38.0 Å². The number of halogens is 1. The summed E-state index contributed by atoms with van der Waals surface area (Å²) in [6.07, 6.45) is 1.87. The van der Waals surface area contributed by atoms with Gasteiger partial charge in [0.15, 0.2) is 0 Å². The van der Waals surface area contributed by atoms with Gasteiger partial charge in [-0.3, -0.25) is 4.79 Å². The molecule has 1 fully saturated rings. The van der Waals surface area contributed by atoms with Crippen molar-refractivity contribution >= 4 is 25.6 Å². The van der Waals surface area contributed by atoms with Crippen molar-refractivity contribution < 1.29 is 17.9 Å². The van der Waals surface area contributed by atoms with Crippen LogP contribution < -0.4 is 0 Å². The van der Waals surface area contributed by atoms with E-state index in [9.17, 15) is 13.2 Å². The molecule has 116 valence electrons. The predicted octanol–water partition coefficient (Wildman–Crippen LogP) is 2.26. The van der Waals surface area contributed by atoms with E-state index < -0.39 is 9.05 Å². The van der Waals surface area contributed by atoms with E-state index in [-0.39, 0.29) is 16.9 Å². The van der Waals surface area contributed by atoms with E-state index in [1.165, 1.54) is 18.2 Å². The summed E-state index contributed by atoms with van der Waals surface area (Å²) in [6, 6.07) is 5.80. The fourth-order valence-electron chi connectivity index (χ4n) is 2.46. The van der Waals surface area contributed by atoms with E-state index in [0.717, 1.165) is 12.8 Å². The minimum atomic E-state index is -3.83. The summed E-state index contributed by atoms with van der Waals surface area (Å²) in [6.45, 7) is 3.73. The van der Waals surface area contributed by atoms with Gasteiger partial charge in [0.2, 0.25) is 0 Å². The van der Waals surface area contributed by atoms with Gasteiger partial charge >= 0.3 is 0 Å². The second-order valence-corrected chi connectivity index (χ2v) is 7.50. The van der Waals surface area contributed by atoms with E-state index in [1.54, 1.807) is 11.0 Å². The number of carbonyl (C=O) groups excluding carboxylic acids is 1. The van der Waals surface area contributed by atoms with Gasteiger partial charge in [-0.1, -0.05) is 6.07 Å². The van der Waals surface area contributed by atoms with Gasteiger partial charge in [0, 0.05) is 35.9 Å². The Morgan fingerprint density at radius 3 is 2.90 bits per heavy atom. The number of likely N-dealkylation sites (tertiary alicyclic amines) is 1. The predicted molar refractivity (Wildman–Crippen MR) is 80.0 cm³/mol. The highest BCUT2D eigenvalue weighted by molar-refractivity contribution is 8.13. The topological polar surface area (TPSA) is 63.7 Å². The van der Waals surface area contributed by atoms with Gasteiger partial charge in [-0.2, -0.15) is 0 Å². The molecule has 0 aliphatic carbocycles. The Labute approximate surface area is 129 Å². The zero-order valence-electron chi connectivity index (χ0n) is 11.8. The molecule has 1 atom stereocenters. The van der Waals surface area contributed by atoms with Crippen LogP contribution in [0.1, 0.15) is 30.1 Å². The lowest BCUT2D eigenvalue weighted by molar-refractivity contribution is 0.00723. The van der Waals surface area contributed by atoms with E-state index in [4.69, 9.17) is 15.4 Å². The SMILES string of the molecule is CCOC1CCCN(C(=O)c2cccc(S(=O)(=O)Cl)c2)C1. The Hall–Kier alpha value is -1.11. The van der Waals surface area contributed by atoms with Crippen LogP contribution in [0.2, 0.25) is 0 Å². The lowest BCUT2D eigenvalue weighted by Crippen LogP contribution is -2.43. The van der Waals surface area contributed by atoms with Gasteiger partial charge in [-0.15, -0.1) is 0 Å². The second kappa shape index (κ2) is 6.77. The number of ether oxygens (including phenoxy) is 1. The highest BCUT2D eigenvalue weighted by atomic mass is 35.7. The highest BCUT2D eigenvalue weighted by Crippen LogP contribution is 2.20. The molecule has 0 aromatic heterocycles. The van der Waals surface area contributed by atoms with Crippen molar-refractivity contribution in [2.75, 3.05) is 19.7 Å². The molecule has 2 rings (SSSR count). The molecule has 21 heavy (non-hydrogen) atoms. The van der Waals surface area contributed by atoms with Crippen LogP contribution in [0.15, 0.2) is 29.2 Å². The first kappa shape index (κ1) is 16.3. The van der Waals surface area contributed by atoms with Crippen LogP contribution in [0, 0.1) is 0 Å². The Bertz CT molecular complexity index is 615. The maximum atomic E-state index is 12.5. The van der Waals surface area contributed by atoms with Gasteiger partial charge in [0.05, 0.1) is 11.0 Å². The first-order valence-corrected chi connectivity index (χ1v) is 9.18. The normalized spacial score (nSPS) is 19.5. The van der Waals surface area contributed by atoms with Crippen molar-refractivity contribution in [2.24, 2.45) is 0 Å². The molecular formula is C14H18ClNO4S. The molecule has 7 heteroatoms. The zero-order chi connectivity index (χ0) is 15.5. The molecule has 0 saturated carbocycles. The third-order valence-electron chi connectivity index (χ3n) is 3.43. The monoisotopic (exact) mass is 331 g/mol. The molecule has 1 heterocycles. The number of piperidine rings is 1. The maximum absolute atomic E-state index is 12.5. The molecule has 0 spiro atoms. The number of amides is 1. The van der Waals surface area contributed by atoms with Crippen molar-refractivity contribution in [3.8, 4) is 0 Å². The third-order valence-corrected chi connectivity index (χ3v) is 4.78. The zero-order valence-corrected chi connectivity index (χ0v) is 13.4. The largest absolute Gasteiger partial charge is 0.377 e. The third kappa shape index (κ3) is 4.18. The summed E-state index contributed by atoms with van der Waals surface area (Å²) in [7, 11) is 1.48. The summed E-state index contributed by atoms with van der Waals surface area (Å²) in [5.41, 5.74) is 0.328. The summed E-state index contributed by atoms with van der Waals surface area (Å²) in [4.78, 5) is 14.1. The van der Waals surface area contributed by atoms with Crippen molar-refractivity contribution in [3.63, 3.8) is 0 Å². The minimum Gasteiger partial charge on any atom is -0.377 e. The number of benzene rings is 1. The van der Waals surface area contributed by atoms with E-state index in [2.05, 4.69) is 0 Å². The van der Waals surface area contributed by atoms with E-state index in [0.29, 0.717) is 25.3 Å². The van der Waals surface area contributed by atoms with Gasteiger partial charge in [0.1, 0.15) is 0 Å². The Kier molecular flexibility index (Phi) is 5.24. The summed E-state index contributed by atoms with van der Waals surface area (Å²) >= 11 is 0. The molecule has 0 radical (unpaired) electrons. The summed E-state index contributed by atoms with van der Waals surface area (Å²) in [5.74, 6) is -0.193. The quantitative estimate of drug-likeness (QED) is 0.794. The van der Waals surface area contributed by atoms with E-state index in [1.807, 2.05) is 6.92 Å². The van der Waals surface area contributed by atoms with Crippen LogP contribution in [0.3, 0.4) is 0 Å². The number of hydrogen-bond donors (Lipinski definition) is 0. The second-order valence-electron chi connectivity index (χ2n) is 4.94. The molecule has 0 bridgehead atoms. The number of carbonyl (C=O) groups is 1. The van der Waals surface area contributed by atoms with Gasteiger partial charge in [-0.25, -0.2) is 8.42 Å². The van der Waals surface area contributed by atoms with Crippen molar-refractivity contribution in [3.05, 3.63) is 29.8 Å². The molecule has 1 aliphatic heterocycles. The molecule has 1 aliphatic rings. The Morgan fingerprint density at radius 2 is 2.24 bits per heavy atom. The molecule has 1 saturated heterocycles. The maximum Gasteiger partial charge on any atom is 0.261 e. The summed E-state index contributed by atoms with van der Waals surface area (Å²) in [5, 5.41) is 0. The van der Waals surface area contributed by atoms with Crippen LogP contribution in [0.25, 0.3) is 0 Å². The summed E-state index contributed by atoms with van der Waals surface area (Å²) < 4.78 is 28.2. The molecule has 1 aromatic rings. The van der Waals surface area contributed by atoms with Gasteiger partial charge in [0.25, 0.3) is 15.0 Å². The van der Waals surface area contributed by atoms with Gasteiger partial charge < -0.3 is 9.64 Å². The lowest BCUT2D eigenvalue weighted by atomic mass is 10.1. The minimum absolute atomic E-state index is 0.0487. The molecule has 5 nitrogen and oxygen atoms in total. The van der Waals surface area contributed by atoms with Crippen LogP contribution in [0.5, 0.6) is 0 Å². The van der Waals surface area contributed by atoms with Crippen LogP contribution >= 0.6 is 10.7 Å². The van der Waals surface area contributed by atoms with Crippen LogP contribution in [0.4, 0.5) is 0 Å². The van der Waals surface area contributed by atoms with Crippen molar-refractivity contribution in [1.82, 2.24) is 4.90 Å². The Morgan fingerprint density at radius 1 is 1.48 bits per heavy atom. The smallest absolute Gasteiger partial charge is 0.261 e. The van der Waals surface area contributed by atoms with Crippen molar-refractivity contribution in [1.29, 1.82) is 0 Å². The Balaban J connectivity index is 2.16. The first-order valence-electron chi connectivity index (χ1n) is 6.87. The molecule has 1 amide bonds. The molecule has 1 aromatic carbocycles. The molecular weight excluding hydrogens is 314 g/mol. The first-order chi connectivity index (χ1) is 9.91. The van der Waals surface area contributed by atoms with Crippen LogP contribution in [-0.4, -0.2) is 45.0 Å². The lowest BCUT2D eigenvalue weighted by Gasteiger charge is -2.32. The molecule has 1 unspecified atom stereocenters. The number of nitrogens with zero attached hydrogens (tertiary/aromatic N) is 1. The van der Waals surface area contributed by atoms with Crippen molar-refractivity contribution in [2.45, 2.75) is 30.8 Å². The standard InChI is InChI=1S/C14H18ClNO4S/c1-2-20-12-6-4-8-16(10-12)14(17)11-5-3-7-13(9-11)21(15,18)19/h3,5,7,9,12H,2,4,6,8,10H2,1H3. The average molecular weight is 332 g/mol. The fourth-order valence-corrected chi connectivity index (χ4v) is 3.25.